The van der Waals surface area contributed by atoms with Crippen molar-refractivity contribution in [3.8, 4) is 5.75 Å². The molecule has 0 bridgehead atoms. The maximum atomic E-state index is 14.3. The van der Waals surface area contributed by atoms with E-state index in [1.807, 2.05) is 0 Å². The summed E-state index contributed by atoms with van der Waals surface area (Å²) in [5.74, 6) is -3.19. The first kappa shape index (κ1) is 25.4. The van der Waals surface area contributed by atoms with E-state index in [2.05, 4.69) is 15.0 Å². The second-order valence-corrected chi connectivity index (χ2v) is 7.99. The molecule has 1 N–H and O–H groups in total. The molecule has 1 aromatic heterocycles. The van der Waals surface area contributed by atoms with Gasteiger partial charge in [0.2, 0.25) is 0 Å². The van der Waals surface area contributed by atoms with Crippen molar-refractivity contribution < 1.29 is 41.4 Å². The molecule has 34 heavy (non-hydrogen) atoms. The van der Waals surface area contributed by atoms with Gasteiger partial charge in [0, 0.05) is 28.9 Å². The molecule has 3 unspecified atom stereocenters. The molecule has 0 aliphatic carbocycles. The number of alkyl halides is 3. The first-order chi connectivity index (χ1) is 16.0. The lowest BCUT2D eigenvalue weighted by atomic mass is 9.84. The Hall–Kier alpha value is -3.21. The number of esters is 1. The highest BCUT2D eigenvalue weighted by molar-refractivity contribution is 5.96. The number of pyridine rings is 1. The predicted molar refractivity (Wildman–Crippen MR) is 113 cm³/mol. The minimum absolute atomic E-state index is 0.0808. The van der Waals surface area contributed by atoms with Gasteiger partial charge in [-0.2, -0.15) is 13.2 Å². The van der Waals surface area contributed by atoms with Crippen molar-refractivity contribution in [3.05, 3.63) is 53.1 Å². The normalized spacial score (nSPS) is 22.4. The number of methoxy groups -OCH3 is 2. The van der Waals surface area contributed by atoms with Crippen LogP contribution in [0.2, 0.25) is 0 Å². The van der Waals surface area contributed by atoms with Crippen LogP contribution in [0.5, 0.6) is 5.75 Å². The average Bonchev–Trinajstić information content (AvgIpc) is 3.17. The topological polar surface area (TPSA) is 86.8 Å². The number of halogens is 4. The van der Waals surface area contributed by atoms with E-state index in [9.17, 15) is 27.2 Å². The van der Waals surface area contributed by atoms with E-state index in [1.54, 1.807) is 6.92 Å². The van der Waals surface area contributed by atoms with Crippen LogP contribution in [0.15, 0.2) is 30.5 Å². The molecule has 2 aromatic rings. The lowest BCUT2D eigenvalue weighted by Crippen LogP contribution is -2.43. The van der Waals surface area contributed by atoms with E-state index >= 15 is 0 Å². The molecule has 3 atom stereocenters. The minimum Gasteiger partial charge on any atom is -0.496 e. The van der Waals surface area contributed by atoms with Crippen molar-refractivity contribution in [2.75, 3.05) is 19.5 Å². The number of nitrogens with one attached hydrogen (secondary N) is 1. The monoisotopic (exact) mass is 484 g/mol. The molecular weight excluding hydrogens is 460 g/mol. The molecule has 11 heteroatoms. The van der Waals surface area contributed by atoms with Crippen LogP contribution < -0.4 is 10.1 Å². The second-order valence-electron chi connectivity index (χ2n) is 7.99. The van der Waals surface area contributed by atoms with Gasteiger partial charge in [-0.3, -0.25) is 4.79 Å². The van der Waals surface area contributed by atoms with Crippen LogP contribution in [-0.4, -0.2) is 49.0 Å². The van der Waals surface area contributed by atoms with Crippen LogP contribution >= 0.6 is 0 Å². The third-order valence-corrected chi connectivity index (χ3v) is 5.83. The zero-order chi connectivity index (χ0) is 25.3. The first-order valence-corrected chi connectivity index (χ1v) is 10.4. The van der Waals surface area contributed by atoms with E-state index in [0.717, 1.165) is 20.1 Å². The van der Waals surface area contributed by atoms with Crippen molar-refractivity contribution in [1.82, 2.24) is 4.98 Å². The Morgan fingerprint density at radius 3 is 2.56 bits per heavy atom. The quantitative estimate of drug-likeness (QED) is 0.483. The van der Waals surface area contributed by atoms with Gasteiger partial charge in [-0.1, -0.05) is 13.0 Å². The molecule has 184 valence electrons. The van der Waals surface area contributed by atoms with E-state index in [4.69, 9.17) is 9.47 Å². The van der Waals surface area contributed by atoms with Gasteiger partial charge in [0.1, 0.15) is 23.4 Å². The lowest BCUT2D eigenvalue weighted by Gasteiger charge is -2.27. The van der Waals surface area contributed by atoms with Crippen molar-refractivity contribution in [3.63, 3.8) is 0 Å². The molecule has 3 rings (SSSR count). The summed E-state index contributed by atoms with van der Waals surface area (Å²) < 4.78 is 71.1. The summed E-state index contributed by atoms with van der Waals surface area (Å²) in [5, 5.41) is 2.48. The molecule has 1 fully saturated rings. The van der Waals surface area contributed by atoms with Crippen LogP contribution in [0.3, 0.4) is 0 Å². The van der Waals surface area contributed by atoms with Crippen LogP contribution in [0.1, 0.15) is 47.8 Å². The Labute approximate surface area is 193 Å². The van der Waals surface area contributed by atoms with Crippen LogP contribution in [0.25, 0.3) is 0 Å². The van der Waals surface area contributed by atoms with Gasteiger partial charge in [0.15, 0.2) is 5.60 Å². The fraction of sp³-hybridized carbons (Fsp3) is 0.435. The minimum atomic E-state index is -4.77. The number of anilines is 1. The molecule has 0 spiro atoms. The van der Waals surface area contributed by atoms with Gasteiger partial charge in [-0.25, -0.2) is 14.2 Å². The predicted octanol–water partition coefficient (Wildman–Crippen LogP) is 4.41. The highest BCUT2D eigenvalue weighted by Crippen LogP contribution is 2.51. The molecule has 0 saturated carbocycles. The molecule has 1 aromatic carbocycles. The number of nitrogens with zero attached hydrogens (tertiary/aromatic N) is 1. The Balaban J connectivity index is 2.02. The summed E-state index contributed by atoms with van der Waals surface area (Å²) in [4.78, 5) is 28.7. The second kappa shape index (κ2) is 9.57. The van der Waals surface area contributed by atoms with Gasteiger partial charge in [0.05, 0.1) is 14.2 Å². The highest BCUT2D eigenvalue weighted by Gasteiger charge is 2.61. The summed E-state index contributed by atoms with van der Waals surface area (Å²) in [5.41, 5.74) is -2.18. The highest BCUT2D eigenvalue weighted by atomic mass is 19.4. The largest absolute Gasteiger partial charge is 0.496 e. The number of benzene rings is 1. The Morgan fingerprint density at radius 2 is 1.97 bits per heavy atom. The summed E-state index contributed by atoms with van der Waals surface area (Å²) in [6.45, 7) is 2.55. The molecular formula is C23H24F4N2O5. The number of hydrogen-bond acceptors (Lipinski definition) is 6. The number of rotatable bonds is 6. The number of amides is 1. The Bertz CT molecular complexity index is 1090. The smallest absolute Gasteiger partial charge is 0.417 e. The molecule has 1 aliphatic heterocycles. The number of carbonyl (C=O) groups is 2. The van der Waals surface area contributed by atoms with Crippen LogP contribution in [0.4, 0.5) is 23.2 Å². The van der Waals surface area contributed by atoms with Gasteiger partial charge in [-0.15, -0.1) is 0 Å². The number of aromatic nitrogens is 1. The van der Waals surface area contributed by atoms with Crippen molar-refractivity contribution >= 4 is 17.6 Å². The van der Waals surface area contributed by atoms with Crippen LogP contribution in [0, 0.1) is 5.82 Å². The van der Waals surface area contributed by atoms with Gasteiger partial charge >= 0.3 is 12.1 Å². The number of hydrogen-bond donors (Lipinski definition) is 1. The first-order valence-electron chi connectivity index (χ1n) is 10.4. The van der Waals surface area contributed by atoms with Crippen LogP contribution in [-0.2, 0) is 20.7 Å². The summed E-state index contributed by atoms with van der Waals surface area (Å²) >= 11 is 0. The fourth-order valence-electron chi connectivity index (χ4n) is 4.05. The van der Waals surface area contributed by atoms with Crippen molar-refractivity contribution in [2.45, 2.75) is 50.5 Å². The number of carbonyl (C=O) groups excluding carboxylic acids is 2. The third-order valence-electron chi connectivity index (χ3n) is 5.83. The molecule has 2 heterocycles. The summed E-state index contributed by atoms with van der Waals surface area (Å²) in [6, 6.07) is 5.04. The summed E-state index contributed by atoms with van der Waals surface area (Å²) in [7, 11) is 2.45. The Morgan fingerprint density at radius 1 is 1.26 bits per heavy atom. The molecule has 1 amide bonds. The van der Waals surface area contributed by atoms with Gasteiger partial charge in [-0.05, 0) is 38.0 Å². The molecule has 0 radical (unpaired) electrons. The van der Waals surface area contributed by atoms with E-state index < -0.39 is 47.9 Å². The molecule has 1 aliphatic rings. The van der Waals surface area contributed by atoms with Gasteiger partial charge < -0.3 is 19.5 Å². The zero-order valence-electron chi connectivity index (χ0n) is 19.0. The van der Waals surface area contributed by atoms with Crippen molar-refractivity contribution in [1.29, 1.82) is 0 Å². The van der Waals surface area contributed by atoms with E-state index in [0.29, 0.717) is 0 Å². The molecule has 1 saturated heterocycles. The lowest BCUT2D eigenvalue weighted by molar-refractivity contribution is -0.261. The Kier molecular flexibility index (Phi) is 7.15. The molecule has 7 nitrogen and oxygen atoms in total. The van der Waals surface area contributed by atoms with E-state index in [1.165, 1.54) is 31.5 Å². The standard InChI is InChI=1S/C23H24F4N2O5/c1-5-13-16(24)7-6-14(18(13)32-3)15-11-22(2,23(25,26)27)34-19(15)20(30)29-12-8-9-28-17(10-12)21(31)33-4/h6-10,15,19H,5,11H2,1-4H3,(H,28,29,30). The number of ether oxygens (including phenoxy) is 3. The SMILES string of the molecule is CCc1c(F)ccc(C2CC(C)(C(F)(F)F)OC2C(=O)Nc2ccnc(C(=O)OC)c2)c1OC. The summed E-state index contributed by atoms with van der Waals surface area (Å²) in [6.07, 6.45) is -5.45. The third kappa shape index (κ3) is 4.70. The fourth-order valence-corrected chi connectivity index (χ4v) is 4.05. The maximum Gasteiger partial charge on any atom is 0.417 e. The zero-order valence-corrected chi connectivity index (χ0v) is 19.0. The van der Waals surface area contributed by atoms with Crippen molar-refractivity contribution in [2.24, 2.45) is 0 Å². The van der Waals surface area contributed by atoms with Gasteiger partial charge in [0.25, 0.3) is 5.91 Å². The maximum absolute atomic E-state index is 14.3. The average molecular weight is 484 g/mol. The van der Waals surface area contributed by atoms with E-state index in [-0.39, 0.29) is 34.7 Å².